The summed E-state index contributed by atoms with van der Waals surface area (Å²) in [5.74, 6) is -1.13. The number of carbonyl (C=O) groups excluding carboxylic acids is 1. The molecule has 3 rings (SSSR count). The molecule has 2 aromatic rings. The minimum Gasteiger partial charge on any atom is -0.367 e. The maximum atomic E-state index is 12.7. The van der Waals surface area contributed by atoms with Crippen LogP contribution >= 0.6 is 12.4 Å². The number of carbonyl (C=O) groups is 1. The first-order valence-corrected chi connectivity index (χ1v) is 8.72. The molecule has 1 aliphatic heterocycles. The molecule has 7 nitrogen and oxygen atoms in total. The molecule has 156 valence electrons. The molecule has 11 heteroatoms. The molecule has 29 heavy (non-hydrogen) atoms. The Labute approximate surface area is 171 Å². The predicted molar refractivity (Wildman–Crippen MR) is 103 cm³/mol. The Morgan fingerprint density at radius 2 is 1.97 bits per heavy atom. The molecule has 1 aromatic carbocycles. The van der Waals surface area contributed by atoms with Gasteiger partial charge in [0.2, 0.25) is 5.91 Å². The number of amides is 1. The van der Waals surface area contributed by atoms with Gasteiger partial charge in [-0.05, 0) is 24.5 Å². The van der Waals surface area contributed by atoms with Gasteiger partial charge in [0.1, 0.15) is 17.1 Å². The average Bonchev–Trinajstić information content (AvgIpc) is 2.65. The SMILES string of the molecule is C[C@H]1C[C@@H](NC(=O)C(N)C(F)(F)F)CN(c2ccc(C#N)c3nccnc23)C1.Cl. The van der Waals surface area contributed by atoms with E-state index in [1.807, 2.05) is 11.8 Å². The first-order valence-electron chi connectivity index (χ1n) is 8.72. The summed E-state index contributed by atoms with van der Waals surface area (Å²) in [5.41, 5.74) is 7.10. The van der Waals surface area contributed by atoms with Gasteiger partial charge in [0.15, 0.2) is 6.04 Å². The number of hydrogen-bond acceptors (Lipinski definition) is 6. The van der Waals surface area contributed by atoms with E-state index in [0.717, 1.165) is 0 Å². The summed E-state index contributed by atoms with van der Waals surface area (Å²) in [7, 11) is 0. The molecule has 0 saturated carbocycles. The molecule has 1 unspecified atom stereocenters. The molecule has 1 aromatic heterocycles. The maximum Gasteiger partial charge on any atom is 0.412 e. The first-order chi connectivity index (χ1) is 13.2. The van der Waals surface area contributed by atoms with Crippen molar-refractivity contribution in [1.82, 2.24) is 15.3 Å². The minimum absolute atomic E-state index is 0. The zero-order valence-corrected chi connectivity index (χ0v) is 16.3. The summed E-state index contributed by atoms with van der Waals surface area (Å²) in [6.45, 7) is 2.89. The van der Waals surface area contributed by atoms with Crippen LogP contribution in [0.3, 0.4) is 0 Å². The van der Waals surface area contributed by atoms with Gasteiger partial charge in [-0.15, -0.1) is 12.4 Å². The Bertz CT molecular complexity index is 932. The van der Waals surface area contributed by atoms with Crippen molar-refractivity contribution in [3.05, 3.63) is 30.1 Å². The smallest absolute Gasteiger partial charge is 0.367 e. The zero-order valence-electron chi connectivity index (χ0n) is 15.5. The Morgan fingerprint density at radius 3 is 2.59 bits per heavy atom. The van der Waals surface area contributed by atoms with Crippen molar-refractivity contribution in [3.8, 4) is 6.07 Å². The van der Waals surface area contributed by atoms with Crippen molar-refractivity contribution in [3.63, 3.8) is 0 Å². The Hall–Kier alpha value is -2.64. The summed E-state index contributed by atoms with van der Waals surface area (Å²) >= 11 is 0. The highest BCUT2D eigenvalue weighted by Crippen LogP contribution is 2.30. The van der Waals surface area contributed by atoms with E-state index in [4.69, 9.17) is 5.73 Å². The van der Waals surface area contributed by atoms with E-state index in [-0.39, 0.29) is 18.3 Å². The van der Waals surface area contributed by atoms with Crippen LogP contribution in [0.1, 0.15) is 18.9 Å². The van der Waals surface area contributed by atoms with Gasteiger partial charge in [-0.3, -0.25) is 14.8 Å². The Morgan fingerprint density at radius 1 is 1.31 bits per heavy atom. The summed E-state index contributed by atoms with van der Waals surface area (Å²) in [6, 6.07) is 2.40. The third kappa shape index (κ3) is 4.86. The van der Waals surface area contributed by atoms with Gasteiger partial charge in [0.25, 0.3) is 0 Å². The van der Waals surface area contributed by atoms with E-state index in [1.165, 1.54) is 12.4 Å². The summed E-state index contributed by atoms with van der Waals surface area (Å²) < 4.78 is 38.0. The first kappa shape index (κ1) is 22.6. The number of hydrogen-bond donors (Lipinski definition) is 2. The standard InChI is InChI=1S/C18H19F3N6O.ClH/c1-10-6-12(26-17(28)16(23)18(19,20)21)9-27(8-10)13-3-2-11(7-22)14-15(13)25-5-4-24-14;/h2-5,10,12,16H,6,8-9,23H2,1H3,(H,26,28);1H/t10-,12+,16?;/m0./s1. The molecule has 0 bridgehead atoms. The lowest BCUT2D eigenvalue weighted by molar-refractivity contribution is -0.163. The van der Waals surface area contributed by atoms with E-state index in [0.29, 0.717) is 41.8 Å². The number of alkyl halides is 3. The number of halogens is 4. The van der Waals surface area contributed by atoms with Gasteiger partial charge < -0.3 is 16.0 Å². The number of aromatic nitrogens is 2. The van der Waals surface area contributed by atoms with Crippen molar-refractivity contribution in [1.29, 1.82) is 5.26 Å². The third-order valence-corrected chi connectivity index (χ3v) is 4.71. The number of anilines is 1. The second-order valence-corrected chi connectivity index (χ2v) is 6.97. The summed E-state index contributed by atoms with van der Waals surface area (Å²) in [6.07, 6.45) is -1.25. The molecule has 0 aliphatic carbocycles. The quantitative estimate of drug-likeness (QED) is 0.775. The number of rotatable bonds is 3. The molecule has 3 N–H and O–H groups in total. The van der Waals surface area contributed by atoms with Crippen molar-refractivity contribution < 1.29 is 18.0 Å². The molecular formula is C18H20ClF3N6O. The van der Waals surface area contributed by atoms with Gasteiger partial charge in [0, 0.05) is 31.5 Å². The lowest BCUT2D eigenvalue weighted by atomic mass is 9.94. The molecule has 1 amide bonds. The average molecular weight is 429 g/mol. The van der Waals surface area contributed by atoms with Crippen molar-refractivity contribution in [2.75, 3.05) is 18.0 Å². The van der Waals surface area contributed by atoms with Gasteiger partial charge in [-0.2, -0.15) is 18.4 Å². The molecule has 0 spiro atoms. The number of nitrogens with one attached hydrogen (secondary N) is 1. The van der Waals surface area contributed by atoms with E-state index in [2.05, 4.69) is 21.4 Å². The second kappa shape index (κ2) is 8.80. The fourth-order valence-electron chi connectivity index (χ4n) is 3.48. The van der Waals surface area contributed by atoms with Gasteiger partial charge >= 0.3 is 6.18 Å². The second-order valence-electron chi connectivity index (χ2n) is 6.97. The Balaban J connectivity index is 0.00000300. The van der Waals surface area contributed by atoms with E-state index in [9.17, 15) is 23.2 Å². The monoisotopic (exact) mass is 428 g/mol. The van der Waals surface area contributed by atoms with Crippen LogP contribution in [0.2, 0.25) is 0 Å². The Kier molecular flexibility index (Phi) is 6.87. The van der Waals surface area contributed by atoms with Crippen LogP contribution in [-0.2, 0) is 4.79 Å². The summed E-state index contributed by atoms with van der Waals surface area (Å²) in [5, 5.41) is 11.7. The zero-order chi connectivity index (χ0) is 20.5. The van der Waals surface area contributed by atoms with Crippen molar-refractivity contribution in [2.24, 2.45) is 11.7 Å². The van der Waals surface area contributed by atoms with Gasteiger partial charge in [-0.1, -0.05) is 6.92 Å². The molecule has 2 heterocycles. The number of nitrogens with two attached hydrogens (primary N) is 1. The van der Waals surface area contributed by atoms with Crippen LogP contribution in [0.25, 0.3) is 11.0 Å². The minimum atomic E-state index is -4.79. The van der Waals surface area contributed by atoms with E-state index < -0.39 is 24.2 Å². The van der Waals surface area contributed by atoms with Crippen LogP contribution in [0.4, 0.5) is 18.9 Å². The normalized spacial score (nSPS) is 20.5. The topological polar surface area (TPSA) is 108 Å². The molecular weight excluding hydrogens is 409 g/mol. The number of piperidine rings is 1. The largest absolute Gasteiger partial charge is 0.412 e. The van der Waals surface area contributed by atoms with Gasteiger partial charge in [0.05, 0.1) is 11.3 Å². The number of fused-ring (bicyclic) bond motifs is 1. The van der Waals surface area contributed by atoms with Crippen molar-refractivity contribution in [2.45, 2.75) is 31.6 Å². The molecule has 1 fully saturated rings. The number of benzene rings is 1. The highest BCUT2D eigenvalue weighted by atomic mass is 35.5. The lowest BCUT2D eigenvalue weighted by Crippen LogP contribution is -2.57. The van der Waals surface area contributed by atoms with Crippen LogP contribution in [0.5, 0.6) is 0 Å². The van der Waals surface area contributed by atoms with Crippen LogP contribution < -0.4 is 16.0 Å². The summed E-state index contributed by atoms with van der Waals surface area (Å²) in [4.78, 5) is 22.4. The molecule has 1 aliphatic rings. The van der Waals surface area contributed by atoms with Crippen LogP contribution in [-0.4, -0.2) is 47.2 Å². The van der Waals surface area contributed by atoms with Crippen molar-refractivity contribution >= 4 is 35.0 Å². The number of nitriles is 1. The fourth-order valence-corrected chi connectivity index (χ4v) is 3.48. The highest BCUT2D eigenvalue weighted by molar-refractivity contribution is 5.92. The van der Waals surface area contributed by atoms with Crippen LogP contribution in [0, 0.1) is 17.2 Å². The maximum absolute atomic E-state index is 12.7. The fraction of sp³-hybridized carbons (Fsp3) is 0.444. The number of nitrogens with zero attached hydrogens (tertiary/aromatic N) is 4. The van der Waals surface area contributed by atoms with Gasteiger partial charge in [-0.25, -0.2) is 0 Å². The molecule has 0 radical (unpaired) electrons. The van der Waals surface area contributed by atoms with Crippen LogP contribution in [0.15, 0.2) is 24.5 Å². The molecule has 1 saturated heterocycles. The molecule has 3 atom stereocenters. The highest BCUT2D eigenvalue weighted by Gasteiger charge is 2.43. The third-order valence-electron chi connectivity index (χ3n) is 4.71. The lowest BCUT2D eigenvalue weighted by Gasteiger charge is -2.38. The predicted octanol–water partition coefficient (Wildman–Crippen LogP) is 2.14. The van der Waals surface area contributed by atoms with E-state index >= 15 is 0 Å². The van der Waals surface area contributed by atoms with E-state index in [1.54, 1.807) is 12.1 Å².